The molecular weight excluding hydrogens is 268 g/mol. The Morgan fingerprint density at radius 2 is 2.38 bits per heavy atom. The van der Waals surface area contributed by atoms with Gasteiger partial charge in [0, 0.05) is 17.8 Å². The normalized spacial score (nSPS) is 26.4. The molecule has 5 heteroatoms. The smallest absolute Gasteiger partial charge is 0.234 e. The summed E-state index contributed by atoms with van der Waals surface area (Å²) < 4.78 is 11.1. The largest absolute Gasteiger partial charge is 0.491 e. The number of nitrogens with two attached hydrogens (primary N) is 1. The first-order chi connectivity index (χ1) is 9.95. The Bertz CT molecular complexity index is 506. The van der Waals surface area contributed by atoms with Gasteiger partial charge in [0.1, 0.15) is 5.75 Å². The zero-order valence-corrected chi connectivity index (χ0v) is 12.9. The molecule has 21 heavy (non-hydrogen) atoms. The number of ether oxygens (including phenoxy) is 2. The van der Waals surface area contributed by atoms with Crippen molar-refractivity contribution in [2.75, 3.05) is 18.5 Å². The number of nitrogens with one attached hydrogen (secondary N) is 1. The second-order valence-electron chi connectivity index (χ2n) is 5.86. The Morgan fingerprint density at radius 3 is 3.00 bits per heavy atom. The van der Waals surface area contributed by atoms with Crippen LogP contribution in [0.4, 0.5) is 5.69 Å². The summed E-state index contributed by atoms with van der Waals surface area (Å²) in [5, 5.41) is 2.91. The van der Waals surface area contributed by atoms with Gasteiger partial charge in [-0.3, -0.25) is 4.79 Å². The summed E-state index contributed by atoms with van der Waals surface area (Å²) in [6.45, 7) is 6.68. The van der Waals surface area contributed by atoms with Gasteiger partial charge in [0.25, 0.3) is 0 Å². The van der Waals surface area contributed by atoms with Gasteiger partial charge in [-0.2, -0.15) is 0 Å². The number of rotatable bonds is 5. The first kappa shape index (κ1) is 15.8. The lowest BCUT2D eigenvalue weighted by Gasteiger charge is -2.25. The molecule has 1 aromatic carbocycles. The second kappa shape index (κ2) is 6.45. The van der Waals surface area contributed by atoms with E-state index in [1.165, 1.54) is 0 Å². The van der Waals surface area contributed by atoms with Crippen LogP contribution in [0.15, 0.2) is 24.3 Å². The highest BCUT2D eigenvalue weighted by Crippen LogP contribution is 2.29. The summed E-state index contributed by atoms with van der Waals surface area (Å²) in [4.78, 5) is 12.4. The van der Waals surface area contributed by atoms with Crippen LogP contribution < -0.4 is 15.8 Å². The molecule has 0 aliphatic carbocycles. The number of carbonyl (C=O) groups excluding carboxylic acids is 1. The Balaban J connectivity index is 2.06. The van der Waals surface area contributed by atoms with E-state index >= 15 is 0 Å². The summed E-state index contributed by atoms with van der Waals surface area (Å²) in [6.07, 6.45) is 1.08. The summed E-state index contributed by atoms with van der Waals surface area (Å²) >= 11 is 0. The van der Waals surface area contributed by atoms with Crippen molar-refractivity contribution in [1.29, 1.82) is 0 Å². The molecule has 0 radical (unpaired) electrons. The lowest BCUT2D eigenvalue weighted by atomic mass is 9.85. The minimum absolute atomic E-state index is 0.117. The van der Waals surface area contributed by atoms with Crippen molar-refractivity contribution in [3.8, 4) is 5.75 Å². The summed E-state index contributed by atoms with van der Waals surface area (Å²) in [7, 11) is 0. The van der Waals surface area contributed by atoms with Crippen LogP contribution in [0.5, 0.6) is 5.75 Å². The van der Waals surface area contributed by atoms with Crippen LogP contribution in [-0.4, -0.2) is 31.3 Å². The fraction of sp³-hybridized carbons (Fsp3) is 0.562. The number of hydrogen-bond acceptors (Lipinski definition) is 4. The van der Waals surface area contributed by atoms with Crippen LogP contribution in [0.2, 0.25) is 0 Å². The van der Waals surface area contributed by atoms with E-state index in [1.54, 1.807) is 0 Å². The topological polar surface area (TPSA) is 73.6 Å². The highest BCUT2D eigenvalue weighted by molar-refractivity contribution is 5.96. The highest BCUT2D eigenvalue weighted by atomic mass is 16.5. The van der Waals surface area contributed by atoms with Gasteiger partial charge in [0.2, 0.25) is 5.91 Å². The molecule has 3 unspecified atom stereocenters. The molecule has 0 spiro atoms. The van der Waals surface area contributed by atoms with Gasteiger partial charge in [-0.05, 0) is 32.4 Å². The Morgan fingerprint density at radius 1 is 1.62 bits per heavy atom. The van der Waals surface area contributed by atoms with E-state index in [1.807, 2.05) is 38.1 Å². The molecular formula is C16H24N2O3. The molecule has 0 aromatic heterocycles. The molecule has 1 heterocycles. The predicted molar refractivity (Wildman–Crippen MR) is 82.4 cm³/mol. The van der Waals surface area contributed by atoms with Crippen molar-refractivity contribution in [2.45, 2.75) is 39.3 Å². The highest BCUT2D eigenvalue weighted by Gasteiger charge is 2.44. The molecule has 2 rings (SSSR count). The lowest BCUT2D eigenvalue weighted by Crippen LogP contribution is -2.47. The molecule has 1 aliphatic heterocycles. The van der Waals surface area contributed by atoms with E-state index in [0.29, 0.717) is 18.9 Å². The maximum atomic E-state index is 12.4. The van der Waals surface area contributed by atoms with Crippen molar-refractivity contribution >= 4 is 11.6 Å². The number of anilines is 1. The van der Waals surface area contributed by atoms with Crippen LogP contribution in [0.25, 0.3) is 0 Å². The first-order valence-electron chi connectivity index (χ1n) is 7.37. The SMILES string of the molecule is CCC(C)Oc1cccc(NC(=O)C2(C)COCC2N)c1. The van der Waals surface area contributed by atoms with Crippen molar-refractivity contribution in [1.82, 2.24) is 0 Å². The summed E-state index contributed by atoms with van der Waals surface area (Å²) in [6, 6.07) is 7.13. The van der Waals surface area contributed by atoms with Gasteiger partial charge in [-0.25, -0.2) is 0 Å². The summed E-state index contributed by atoms with van der Waals surface area (Å²) in [5.41, 5.74) is 5.99. The van der Waals surface area contributed by atoms with E-state index in [-0.39, 0.29) is 18.1 Å². The Hall–Kier alpha value is -1.59. The fourth-order valence-corrected chi connectivity index (χ4v) is 2.16. The lowest BCUT2D eigenvalue weighted by molar-refractivity contribution is -0.125. The predicted octanol–water partition coefficient (Wildman–Crippen LogP) is 2.17. The fourth-order valence-electron chi connectivity index (χ4n) is 2.16. The van der Waals surface area contributed by atoms with E-state index in [2.05, 4.69) is 12.2 Å². The Labute approximate surface area is 125 Å². The van der Waals surface area contributed by atoms with Gasteiger partial charge < -0.3 is 20.5 Å². The van der Waals surface area contributed by atoms with Crippen molar-refractivity contribution in [2.24, 2.45) is 11.1 Å². The molecule has 0 bridgehead atoms. The molecule has 5 nitrogen and oxygen atoms in total. The average molecular weight is 292 g/mol. The third-order valence-electron chi connectivity index (χ3n) is 4.04. The monoisotopic (exact) mass is 292 g/mol. The van der Waals surface area contributed by atoms with Crippen LogP contribution in [0.3, 0.4) is 0 Å². The maximum Gasteiger partial charge on any atom is 0.234 e. The number of hydrogen-bond donors (Lipinski definition) is 2. The number of amides is 1. The van der Waals surface area contributed by atoms with Crippen LogP contribution in [0, 0.1) is 5.41 Å². The van der Waals surface area contributed by atoms with Crippen LogP contribution in [-0.2, 0) is 9.53 Å². The summed E-state index contributed by atoms with van der Waals surface area (Å²) in [5.74, 6) is 0.632. The van der Waals surface area contributed by atoms with Gasteiger partial charge in [-0.15, -0.1) is 0 Å². The maximum absolute atomic E-state index is 12.4. The Kier molecular flexibility index (Phi) is 4.85. The molecule has 1 fully saturated rings. The van der Waals surface area contributed by atoms with Crippen molar-refractivity contribution in [3.63, 3.8) is 0 Å². The standard InChI is InChI=1S/C16H24N2O3/c1-4-11(2)21-13-7-5-6-12(8-13)18-15(19)16(3)10-20-9-14(16)17/h5-8,11,14H,4,9-10,17H2,1-3H3,(H,18,19). The van der Waals surface area contributed by atoms with E-state index in [4.69, 9.17) is 15.2 Å². The van der Waals surface area contributed by atoms with E-state index < -0.39 is 5.41 Å². The second-order valence-corrected chi connectivity index (χ2v) is 5.86. The van der Waals surface area contributed by atoms with Gasteiger partial charge in [-0.1, -0.05) is 13.0 Å². The quantitative estimate of drug-likeness (QED) is 0.872. The third kappa shape index (κ3) is 3.54. The molecule has 3 N–H and O–H groups in total. The van der Waals surface area contributed by atoms with Gasteiger partial charge >= 0.3 is 0 Å². The minimum atomic E-state index is -0.687. The third-order valence-corrected chi connectivity index (χ3v) is 4.04. The van der Waals surface area contributed by atoms with Gasteiger partial charge in [0.05, 0.1) is 24.7 Å². The number of benzene rings is 1. The zero-order chi connectivity index (χ0) is 15.5. The van der Waals surface area contributed by atoms with Gasteiger partial charge in [0.15, 0.2) is 0 Å². The molecule has 116 valence electrons. The van der Waals surface area contributed by atoms with E-state index in [0.717, 1.165) is 12.2 Å². The molecule has 3 atom stereocenters. The van der Waals surface area contributed by atoms with E-state index in [9.17, 15) is 4.79 Å². The molecule has 1 saturated heterocycles. The molecule has 1 aliphatic rings. The van der Waals surface area contributed by atoms with Crippen molar-refractivity contribution in [3.05, 3.63) is 24.3 Å². The van der Waals surface area contributed by atoms with Crippen LogP contribution >= 0.6 is 0 Å². The molecule has 1 aromatic rings. The zero-order valence-electron chi connectivity index (χ0n) is 12.9. The van der Waals surface area contributed by atoms with Crippen LogP contribution in [0.1, 0.15) is 27.2 Å². The average Bonchev–Trinajstić information content (AvgIpc) is 2.80. The van der Waals surface area contributed by atoms with Crippen molar-refractivity contribution < 1.29 is 14.3 Å². The minimum Gasteiger partial charge on any atom is -0.491 e. The first-order valence-corrected chi connectivity index (χ1v) is 7.37. The molecule has 0 saturated carbocycles. The molecule has 1 amide bonds. The number of carbonyl (C=O) groups is 1.